The zero-order valence-corrected chi connectivity index (χ0v) is 18.6. The fraction of sp³-hybridized carbons (Fsp3) is 0.950. The van der Waals surface area contributed by atoms with Gasteiger partial charge in [0.2, 0.25) is 0 Å². The molecule has 3 saturated carbocycles. The number of hydrogen-bond donors (Lipinski definition) is 2. The van der Waals surface area contributed by atoms with Crippen LogP contribution in [0.25, 0.3) is 0 Å². The van der Waals surface area contributed by atoms with Gasteiger partial charge in [0.25, 0.3) is 0 Å². The van der Waals surface area contributed by atoms with Crippen molar-refractivity contribution >= 4 is 29.9 Å². The Hall–Kier alpha value is -0.0400. The summed E-state index contributed by atoms with van der Waals surface area (Å²) >= 11 is 0. The third kappa shape index (κ3) is 5.47. The Morgan fingerprint density at radius 3 is 2.24 bits per heavy atom. The molecule has 0 spiro atoms. The fourth-order valence-corrected chi connectivity index (χ4v) is 4.88. The maximum absolute atomic E-state index is 5.63. The highest BCUT2D eigenvalue weighted by atomic mass is 127. The molecule has 0 bridgehead atoms. The third-order valence-corrected chi connectivity index (χ3v) is 6.90. The van der Waals surface area contributed by atoms with Crippen molar-refractivity contribution < 1.29 is 4.74 Å². The van der Waals surface area contributed by atoms with E-state index in [1.807, 2.05) is 7.05 Å². The number of ether oxygens (including phenoxy) is 1. The minimum absolute atomic E-state index is 0. The van der Waals surface area contributed by atoms with Crippen molar-refractivity contribution in [1.29, 1.82) is 0 Å². The van der Waals surface area contributed by atoms with Gasteiger partial charge >= 0.3 is 0 Å². The van der Waals surface area contributed by atoms with Crippen molar-refractivity contribution in [3.63, 3.8) is 0 Å². The van der Waals surface area contributed by atoms with Gasteiger partial charge in [-0.05, 0) is 68.6 Å². The molecule has 2 N–H and O–H groups in total. The van der Waals surface area contributed by atoms with Crippen molar-refractivity contribution in [2.45, 2.75) is 71.1 Å². The highest BCUT2D eigenvalue weighted by molar-refractivity contribution is 14.0. The number of hydrogen-bond acceptors (Lipinski definition) is 2. The monoisotopic (exact) mass is 463 g/mol. The summed E-state index contributed by atoms with van der Waals surface area (Å²) < 4.78 is 5.63. The molecule has 25 heavy (non-hydrogen) atoms. The molecule has 5 heteroatoms. The molecule has 3 aliphatic rings. The first-order valence-electron chi connectivity index (χ1n) is 10.2. The minimum atomic E-state index is 0. The van der Waals surface area contributed by atoms with Crippen molar-refractivity contribution in [3.05, 3.63) is 0 Å². The number of guanidine groups is 1. The Morgan fingerprint density at radius 2 is 1.72 bits per heavy atom. The lowest BCUT2D eigenvalue weighted by Gasteiger charge is -2.43. The maximum atomic E-state index is 5.63. The van der Waals surface area contributed by atoms with Gasteiger partial charge in [-0.25, -0.2) is 0 Å². The molecule has 3 aliphatic carbocycles. The van der Waals surface area contributed by atoms with E-state index in [2.05, 4.69) is 22.5 Å². The van der Waals surface area contributed by atoms with E-state index in [1.54, 1.807) is 0 Å². The molecule has 0 heterocycles. The zero-order valence-electron chi connectivity index (χ0n) is 16.2. The second-order valence-corrected chi connectivity index (χ2v) is 8.42. The van der Waals surface area contributed by atoms with Crippen LogP contribution in [0.4, 0.5) is 0 Å². The second-order valence-electron chi connectivity index (χ2n) is 8.42. The highest BCUT2D eigenvalue weighted by Gasteiger charge is 2.48. The van der Waals surface area contributed by atoms with E-state index < -0.39 is 0 Å². The van der Waals surface area contributed by atoms with Crippen LogP contribution in [-0.4, -0.2) is 39.3 Å². The largest absolute Gasteiger partial charge is 0.382 e. The number of rotatable bonds is 9. The van der Waals surface area contributed by atoms with Crippen molar-refractivity contribution in [1.82, 2.24) is 10.6 Å². The van der Waals surface area contributed by atoms with E-state index in [0.29, 0.717) is 10.8 Å². The van der Waals surface area contributed by atoms with E-state index in [1.165, 1.54) is 64.2 Å². The van der Waals surface area contributed by atoms with Gasteiger partial charge in [0.05, 0.1) is 0 Å². The Kier molecular flexibility index (Phi) is 8.31. The van der Waals surface area contributed by atoms with Crippen LogP contribution >= 0.6 is 24.0 Å². The van der Waals surface area contributed by atoms with Gasteiger partial charge in [-0.1, -0.05) is 19.3 Å². The van der Waals surface area contributed by atoms with E-state index in [4.69, 9.17) is 4.74 Å². The first kappa shape index (κ1) is 21.3. The molecule has 0 atom stereocenters. The molecule has 146 valence electrons. The Labute approximate surface area is 171 Å². The van der Waals surface area contributed by atoms with Crippen LogP contribution in [0.2, 0.25) is 0 Å². The average Bonchev–Trinajstić information content (AvgIpc) is 3.29. The Balaban J connectivity index is 0.00000225. The Bertz CT molecular complexity index is 427. The Morgan fingerprint density at radius 1 is 1.04 bits per heavy atom. The molecule has 0 amide bonds. The van der Waals surface area contributed by atoms with Crippen LogP contribution in [0.1, 0.15) is 71.1 Å². The number of halogens is 1. The van der Waals surface area contributed by atoms with Crippen LogP contribution in [0.5, 0.6) is 0 Å². The van der Waals surface area contributed by atoms with E-state index in [-0.39, 0.29) is 24.0 Å². The van der Waals surface area contributed by atoms with Gasteiger partial charge in [0.1, 0.15) is 0 Å². The smallest absolute Gasteiger partial charge is 0.191 e. The SMILES string of the molecule is CCOCCC1(CNC(=NC)NCC2(C3CC3)CCC2)CCCC1.I. The molecule has 0 aromatic carbocycles. The molecule has 0 saturated heterocycles. The summed E-state index contributed by atoms with van der Waals surface area (Å²) in [7, 11) is 1.90. The summed E-state index contributed by atoms with van der Waals surface area (Å²) in [6, 6.07) is 0. The molecule has 0 aromatic heterocycles. The average molecular weight is 463 g/mol. The van der Waals surface area contributed by atoms with Crippen LogP contribution in [-0.2, 0) is 4.74 Å². The normalized spacial score (nSPS) is 24.3. The summed E-state index contributed by atoms with van der Waals surface area (Å²) in [6.07, 6.45) is 13.7. The molecule has 4 nitrogen and oxygen atoms in total. The minimum Gasteiger partial charge on any atom is -0.382 e. The van der Waals surface area contributed by atoms with Crippen molar-refractivity contribution in [2.24, 2.45) is 21.7 Å². The van der Waals surface area contributed by atoms with E-state index >= 15 is 0 Å². The van der Waals surface area contributed by atoms with Gasteiger partial charge in [-0.2, -0.15) is 0 Å². The summed E-state index contributed by atoms with van der Waals surface area (Å²) in [6.45, 7) is 5.96. The topological polar surface area (TPSA) is 45.6 Å². The lowest BCUT2D eigenvalue weighted by atomic mass is 9.65. The summed E-state index contributed by atoms with van der Waals surface area (Å²) in [5.41, 5.74) is 1.01. The van der Waals surface area contributed by atoms with E-state index in [9.17, 15) is 0 Å². The molecule has 3 fully saturated rings. The summed E-state index contributed by atoms with van der Waals surface area (Å²) in [5, 5.41) is 7.29. The molecule has 0 unspecified atom stereocenters. The summed E-state index contributed by atoms with van der Waals surface area (Å²) in [5.74, 6) is 1.99. The number of aliphatic imine (C=N–C) groups is 1. The highest BCUT2D eigenvalue weighted by Crippen LogP contribution is 2.56. The van der Waals surface area contributed by atoms with Gasteiger partial charge in [-0.3, -0.25) is 4.99 Å². The second kappa shape index (κ2) is 9.77. The number of nitrogens with zero attached hydrogens (tertiary/aromatic N) is 1. The number of nitrogens with one attached hydrogen (secondary N) is 2. The molecule has 0 aromatic rings. The molecule has 3 rings (SSSR count). The zero-order chi connectivity index (χ0) is 16.9. The van der Waals surface area contributed by atoms with Gasteiger partial charge in [0.15, 0.2) is 5.96 Å². The lowest BCUT2D eigenvalue weighted by Crippen LogP contribution is -2.49. The van der Waals surface area contributed by atoms with Gasteiger partial charge < -0.3 is 15.4 Å². The maximum Gasteiger partial charge on any atom is 0.191 e. The third-order valence-electron chi connectivity index (χ3n) is 6.90. The van der Waals surface area contributed by atoms with Crippen molar-refractivity contribution in [2.75, 3.05) is 33.4 Å². The predicted molar refractivity (Wildman–Crippen MR) is 116 cm³/mol. The quantitative estimate of drug-likeness (QED) is 0.232. The van der Waals surface area contributed by atoms with Crippen LogP contribution in [0.3, 0.4) is 0 Å². The van der Waals surface area contributed by atoms with Crippen molar-refractivity contribution in [3.8, 4) is 0 Å². The molecule has 0 aliphatic heterocycles. The fourth-order valence-electron chi connectivity index (χ4n) is 4.88. The van der Waals surface area contributed by atoms with Crippen LogP contribution < -0.4 is 10.6 Å². The summed E-state index contributed by atoms with van der Waals surface area (Å²) in [4.78, 5) is 4.48. The van der Waals surface area contributed by atoms with Crippen LogP contribution in [0.15, 0.2) is 4.99 Å². The molecular formula is C20H38IN3O. The first-order valence-corrected chi connectivity index (χ1v) is 10.2. The van der Waals surface area contributed by atoms with E-state index in [0.717, 1.165) is 38.2 Å². The standard InChI is InChI=1S/C20H37N3O.HI/c1-3-24-14-13-19(9-4-5-10-19)15-22-18(21-2)23-16-20(11-6-12-20)17-7-8-17;/h17H,3-16H2,1-2H3,(H2,21,22,23);1H. The first-order chi connectivity index (χ1) is 11.7. The van der Waals surface area contributed by atoms with Crippen LogP contribution in [0, 0.1) is 16.7 Å². The predicted octanol–water partition coefficient (Wildman–Crippen LogP) is 4.34. The lowest BCUT2D eigenvalue weighted by molar-refractivity contribution is 0.102. The molecule has 0 radical (unpaired) electrons. The molecular weight excluding hydrogens is 425 g/mol. The van der Waals surface area contributed by atoms with Gasteiger partial charge in [0, 0.05) is 33.4 Å². The van der Waals surface area contributed by atoms with Gasteiger partial charge in [-0.15, -0.1) is 24.0 Å².